The molecule has 2 aromatic carbocycles. The topological polar surface area (TPSA) is 64.9 Å². The Hall–Kier alpha value is -3.80. The Morgan fingerprint density at radius 2 is 1.63 bits per heavy atom. The van der Waals surface area contributed by atoms with Crippen molar-refractivity contribution in [3.05, 3.63) is 95.9 Å². The molecular formula is C24H23N3O3. The maximum atomic E-state index is 13.0. The van der Waals surface area contributed by atoms with E-state index in [-0.39, 0.29) is 11.9 Å². The van der Waals surface area contributed by atoms with Crippen molar-refractivity contribution in [2.45, 2.75) is 12.5 Å². The third-order valence-corrected chi connectivity index (χ3v) is 5.02. The van der Waals surface area contributed by atoms with E-state index in [4.69, 9.17) is 9.47 Å². The molecule has 0 aliphatic rings. The zero-order valence-electron chi connectivity index (χ0n) is 16.9. The molecule has 0 fully saturated rings. The number of pyridine rings is 1. The first-order chi connectivity index (χ1) is 14.7. The number of methoxy groups -OCH3 is 2. The molecule has 0 saturated carbocycles. The zero-order valence-corrected chi connectivity index (χ0v) is 16.9. The number of nitrogens with zero attached hydrogens (tertiary/aromatic N) is 2. The van der Waals surface area contributed by atoms with Gasteiger partial charge in [-0.3, -0.25) is 4.79 Å². The lowest BCUT2D eigenvalue weighted by molar-refractivity contribution is 0.0932. The number of hydrogen-bond donors (Lipinski definition) is 1. The third kappa shape index (κ3) is 4.27. The average Bonchev–Trinajstić information content (AvgIpc) is 3.24. The lowest BCUT2D eigenvalue weighted by Gasteiger charge is -2.19. The molecule has 0 radical (unpaired) electrons. The van der Waals surface area contributed by atoms with Gasteiger partial charge in [-0.25, -0.2) is 4.98 Å². The molecule has 1 N–H and O–H groups in total. The molecule has 2 heterocycles. The van der Waals surface area contributed by atoms with Gasteiger partial charge in [0.15, 0.2) is 0 Å². The van der Waals surface area contributed by atoms with E-state index in [1.54, 1.807) is 20.4 Å². The van der Waals surface area contributed by atoms with Gasteiger partial charge in [0.25, 0.3) is 5.91 Å². The number of carbonyl (C=O) groups excluding carboxylic acids is 1. The third-order valence-electron chi connectivity index (χ3n) is 5.02. The highest BCUT2D eigenvalue weighted by molar-refractivity contribution is 5.93. The number of carbonyl (C=O) groups is 1. The standard InChI is InChI=1S/C24H23N3O3/c1-29-19-10-6-17(7-11-19)15-21(18-8-12-20(30-2)13-9-18)26-24(28)22-16-27-14-4-3-5-23(27)25-22/h3-14,16,21H,15H2,1-2H3,(H,26,28)/t21-/m0/s1. The molecule has 0 aliphatic carbocycles. The molecule has 4 rings (SSSR count). The van der Waals surface area contributed by atoms with Crippen LogP contribution in [0.5, 0.6) is 11.5 Å². The molecule has 0 unspecified atom stereocenters. The highest BCUT2D eigenvalue weighted by Gasteiger charge is 2.19. The molecule has 4 aromatic rings. The summed E-state index contributed by atoms with van der Waals surface area (Å²) in [4.78, 5) is 17.4. The molecule has 2 aromatic heterocycles. The first-order valence-electron chi connectivity index (χ1n) is 9.68. The molecular weight excluding hydrogens is 378 g/mol. The quantitative estimate of drug-likeness (QED) is 0.507. The van der Waals surface area contributed by atoms with Crippen LogP contribution < -0.4 is 14.8 Å². The molecule has 6 heteroatoms. The Kier molecular flexibility index (Phi) is 5.66. The fourth-order valence-electron chi connectivity index (χ4n) is 3.36. The van der Waals surface area contributed by atoms with Crippen molar-refractivity contribution >= 4 is 11.6 Å². The predicted molar refractivity (Wildman–Crippen MR) is 115 cm³/mol. The summed E-state index contributed by atoms with van der Waals surface area (Å²) in [6.45, 7) is 0. The maximum Gasteiger partial charge on any atom is 0.272 e. The van der Waals surface area contributed by atoms with Crippen LogP contribution >= 0.6 is 0 Å². The number of imidazole rings is 1. The van der Waals surface area contributed by atoms with Crippen molar-refractivity contribution in [2.75, 3.05) is 14.2 Å². The first kappa shape index (κ1) is 19.5. The molecule has 152 valence electrons. The number of amides is 1. The van der Waals surface area contributed by atoms with E-state index in [1.807, 2.05) is 77.3 Å². The fraction of sp³-hybridized carbons (Fsp3) is 0.167. The van der Waals surface area contributed by atoms with Gasteiger partial charge in [-0.2, -0.15) is 0 Å². The van der Waals surface area contributed by atoms with E-state index in [2.05, 4.69) is 10.3 Å². The van der Waals surface area contributed by atoms with E-state index in [0.29, 0.717) is 12.1 Å². The number of fused-ring (bicyclic) bond motifs is 1. The fourth-order valence-corrected chi connectivity index (χ4v) is 3.36. The molecule has 0 aliphatic heterocycles. The second-order valence-electron chi connectivity index (χ2n) is 6.94. The number of rotatable bonds is 7. The van der Waals surface area contributed by atoms with Crippen molar-refractivity contribution in [3.8, 4) is 11.5 Å². The minimum absolute atomic E-state index is 0.215. The predicted octanol–water partition coefficient (Wildman–Crippen LogP) is 4.07. The summed E-state index contributed by atoms with van der Waals surface area (Å²) in [5, 5.41) is 3.14. The first-order valence-corrected chi connectivity index (χ1v) is 9.68. The Morgan fingerprint density at radius 1 is 0.967 bits per heavy atom. The second-order valence-corrected chi connectivity index (χ2v) is 6.94. The summed E-state index contributed by atoms with van der Waals surface area (Å²) in [5.74, 6) is 1.36. The van der Waals surface area contributed by atoms with Crippen molar-refractivity contribution in [1.29, 1.82) is 0 Å². The molecule has 1 atom stereocenters. The number of ether oxygens (including phenoxy) is 2. The molecule has 0 bridgehead atoms. The van der Waals surface area contributed by atoms with Crippen molar-refractivity contribution < 1.29 is 14.3 Å². The Bertz CT molecular complexity index is 1100. The van der Waals surface area contributed by atoms with Crippen LogP contribution in [0.15, 0.2) is 79.1 Å². The van der Waals surface area contributed by atoms with Crippen molar-refractivity contribution in [3.63, 3.8) is 0 Å². The van der Waals surface area contributed by atoms with Gasteiger partial charge in [0.1, 0.15) is 22.8 Å². The summed E-state index contributed by atoms with van der Waals surface area (Å²) >= 11 is 0. The number of aromatic nitrogens is 2. The molecule has 0 spiro atoms. The van der Waals surface area contributed by atoms with Crippen LogP contribution in [0.1, 0.15) is 27.7 Å². The smallest absolute Gasteiger partial charge is 0.272 e. The van der Waals surface area contributed by atoms with Gasteiger partial charge >= 0.3 is 0 Å². The highest BCUT2D eigenvalue weighted by atomic mass is 16.5. The van der Waals surface area contributed by atoms with E-state index < -0.39 is 0 Å². The number of benzene rings is 2. The van der Waals surface area contributed by atoms with Gasteiger partial charge in [-0.1, -0.05) is 30.3 Å². The van der Waals surface area contributed by atoms with Crippen LogP contribution in [-0.4, -0.2) is 29.5 Å². The van der Waals surface area contributed by atoms with Gasteiger partial charge in [0, 0.05) is 12.4 Å². The van der Waals surface area contributed by atoms with Gasteiger partial charge in [0.2, 0.25) is 0 Å². The van der Waals surface area contributed by atoms with Crippen LogP contribution in [0, 0.1) is 0 Å². The van der Waals surface area contributed by atoms with Gasteiger partial charge in [0.05, 0.1) is 20.3 Å². The number of nitrogens with one attached hydrogen (secondary N) is 1. The summed E-state index contributed by atoms with van der Waals surface area (Å²) in [6, 6.07) is 21.0. The maximum absolute atomic E-state index is 13.0. The van der Waals surface area contributed by atoms with Crippen LogP contribution in [0.25, 0.3) is 5.65 Å². The van der Waals surface area contributed by atoms with E-state index in [0.717, 1.165) is 28.3 Å². The SMILES string of the molecule is COc1ccc(C[C@H](NC(=O)c2cn3ccccc3n2)c2ccc(OC)cc2)cc1. The number of hydrogen-bond acceptors (Lipinski definition) is 4. The minimum atomic E-state index is -0.221. The van der Waals surface area contributed by atoms with Crippen LogP contribution in [0.4, 0.5) is 0 Å². The lowest BCUT2D eigenvalue weighted by Crippen LogP contribution is -2.30. The van der Waals surface area contributed by atoms with E-state index >= 15 is 0 Å². The van der Waals surface area contributed by atoms with E-state index in [9.17, 15) is 4.79 Å². The molecule has 0 saturated heterocycles. The largest absolute Gasteiger partial charge is 0.497 e. The van der Waals surface area contributed by atoms with Crippen LogP contribution in [0.2, 0.25) is 0 Å². The zero-order chi connectivity index (χ0) is 20.9. The lowest BCUT2D eigenvalue weighted by atomic mass is 9.98. The summed E-state index contributed by atoms with van der Waals surface area (Å²) in [7, 11) is 3.28. The summed E-state index contributed by atoms with van der Waals surface area (Å²) in [6.07, 6.45) is 4.25. The monoisotopic (exact) mass is 401 g/mol. The Morgan fingerprint density at radius 3 is 2.27 bits per heavy atom. The summed E-state index contributed by atoms with van der Waals surface area (Å²) in [5.41, 5.74) is 3.20. The van der Waals surface area contributed by atoms with Crippen LogP contribution in [-0.2, 0) is 6.42 Å². The molecule has 30 heavy (non-hydrogen) atoms. The Balaban J connectivity index is 1.60. The second kappa shape index (κ2) is 8.69. The highest BCUT2D eigenvalue weighted by Crippen LogP contribution is 2.23. The van der Waals surface area contributed by atoms with Gasteiger partial charge in [-0.05, 0) is 53.9 Å². The molecule has 6 nitrogen and oxygen atoms in total. The molecule has 1 amide bonds. The van der Waals surface area contributed by atoms with Crippen molar-refractivity contribution in [2.24, 2.45) is 0 Å². The summed E-state index contributed by atoms with van der Waals surface area (Å²) < 4.78 is 12.3. The van der Waals surface area contributed by atoms with E-state index in [1.165, 1.54) is 0 Å². The normalized spacial score (nSPS) is 11.8. The van der Waals surface area contributed by atoms with Crippen molar-refractivity contribution in [1.82, 2.24) is 14.7 Å². The Labute approximate surface area is 175 Å². The average molecular weight is 401 g/mol. The minimum Gasteiger partial charge on any atom is -0.497 e. The van der Waals surface area contributed by atoms with Gasteiger partial charge < -0.3 is 19.2 Å². The van der Waals surface area contributed by atoms with Gasteiger partial charge in [-0.15, -0.1) is 0 Å². The van der Waals surface area contributed by atoms with Crippen LogP contribution in [0.3, 0.4) is 0 Å².